The average molecular weight is 386 g/mol. The van der Waals surface area contributed by atoms with Gasteiger partial charge in [0.2, 0.25) is 0 Å². The maximum absolute atomic E-state index is 13.3. The number of carboxylic acids is 1. The first-order valence-corrected chi connectivity index (χ1v) is 10.6. The second kappa shape index (κ2) is 8.21. The Balaban J connectivity index is 1.51. The smallest absolute Gasteiger partial charge is 0.326 e. The minimum atomic E-state index is -0.864. The van der Waals surface area contributed by atoms with Gasteiger partial charge >= 0.3 is 5.97 Å². The summed E-state index contributed by atoms with van der Waals surface area (Å²) < 4.78 is 0. The van der Waals surface area contributed by atoms with Gasteiger partial charge in [-0.15, -0.1) is 0 Å². The van der Waals surface area contributed by atoms with Crippen molar-refractivity contribution in [3.8, 4) is 0 Å². The Hall–Kier alpha value is -1.92. The standard InChI is InChI=1S/C22H31N3O3/c1-23-9-11-24(12-10-23)15-16-5-4-7-18(13-16)21(26)25-19-8-3-2-6-17(19)14-20(25)22(27)28/h4-5,7,13,17,19-20H,2-3,6,8-12,14-15H2,1H3,(H,27,28). The van der Waals surface area contributed by atoms with Gasteiger partial charge in [-0.2, -0.15) is 0 Å². The average Bonchev–Trinajstić information content (AvgIpc) is 3.09. The molecule has 1 saturated carbocycles. The highest BCUT2D eigenvalue weighted by molar-refractivity contribution is 5.97. The molecule has 152 valence electrons. The Kier molecular flexibility index (Phi) is 5.69. The second-order valence-corrected chi connectivity index (χ2v) is 8.69. The van der Waals surface area contributed by atoms with Crippen molar-refractivity contribution in [1.29, 1.82) is 0 Å². The number of carbonyl (C=O) groups is 2. The van der Waals surface area contributed by atoms with Crippen LogP contribution in [0, 0.1) is 5.92 Å². The van der Waals surface area contributed by atoms with Gasteiger partial charge in [-0.1, -0.05) is 25.0 Å². The fourth-order valence-electron chi connectivity index (χ4n) is 5.19. The molecule has 3 aliphatic rings. The first-order valence-electron chi connectivity index (χ1n) is 10.6. The largest absolute Gasteiger partial charge is 0.480 e. The fraction of sp³-hybridized carbons (Fsp3) is 0.636. The number of nitrogens with zero attached hydrogens (tertiary/aromatic N) is 3. The van der Waals surface area contributed by atoms with E-state index >= 15 is 0 Å². The Morgan fingerprint density at radius 3 is 2.61 bits per heavy atom. The molecule has 0 bridgehead atoms. The van der Waals surface area contributed by atoms with Gasteiger partial charge in [0, 0.05) is 44.3 Å². The number of rotatable bonds is 4. The maximum atomic E-state index is 13.3. The zero-order chi connectivity index (χ0) is 19.7. The lowest BCUT2D eigenvalue weighted by molar-refractivity contribution is -0.141. The van der Waals surface area contributed by atoms with Crippen LogP contribution >= 0.6 is 0 Å². The number of carbonyl (C=O) groups excluding carboxylic acids is 1. The highest BCUT2D eigenvalue weighted by atomic mass is 16.4. The van der Waals surface area contributed by atoms with Gasteiger partial charge in [0.05, 0.1) is 0 Å². The Morgan fingerprint density at radius 2 is 1.86 bits per heavy atom. The Bertz CT molecular complexity index is 729. The minimum Gasteiger partial charge on any atom is -0.480 e. The van der Waals surface area contributed by atoms with Gasteiger partial charge in [0.25, 0.3) is 5.91 Å². The molecule has 28 heavy (non-hydrogen) atoms. The first kappa shape index (κ1) is 19.4. The van der Waals surface area contributed by atoms with E-state index < -0.39 is 12.0 Å². The molecule has 3 unspecified atom stereocenters. The monoisotopic (exact) mass is 385 g/mol. The summed E-state index contributed by atoms with van der Waals surface area (Å²) in [6, 6.07) is 7.21. The number of amides is 1. The number of aliphatic carboxylic acids is 1. The van der Waals surface area contributed by atoms with Crippen molar-refractivity contribution in [3.63, 3.8) is 0 Å². The zero-order valence-electron chi connectivity index (χ0n) is 16.7. The second-order valence-electron chi connectivity index (χ2n) is 8.69. The quantitative estimate of drug-likeness (QED) is 0.862. The molecule has 4 rings (SSSR count). The van der Waals surface area contributed by atoms with E-state index in [-0.39, 0.29) is 11.9 Å². The van der Waals surface area contributed by atoms with Gasteiger partial charge in [-0.25, -0.2) is 4.79 Å². The zero-order valence-corrected chi connectivity index (χ0v) is 16.7. The van der Waals surface area contributed by atoms with Crippen LogP contribution in [0.25, 0.3) is 0 Å². The van der Waals surface area contributed by atoms with E-state index in [9.17, 15) is 14.7 Å². The van der Waals surface area contributed by atoms with Crippen LogP contribution in [0.15, 0.2) is 24.3 Å². The molecule has 3 fully saturated rings. The van der Waals surface area contributed by atoms with Crippen LogP contribution in [0.4, 0.5) is 0 Å². The molecule has 2 heterocycles. The molecule has 3 atom stereocenters. The summed E-state index contributed by atoms with van der Waals surface area (Å²) in [6.45, 7) is 5.03. The summed E-state index contributed by atoms with van der Waals surface area (Å²) in [5, 5.41) is 9.71. The predicted octanol–water partition coefficient (Wildman–Crippen LogP) is 2.29. The Labute approximate surface area is 167 Å². The minimum absolute atomic E-state index is 0.0867. The van der Waals surface area contributed by atoms with E-state index in [0.29, 0.717) is 17.9 Å². The lowest BCUT2D eigenvalue weighted by atomic mass is 9.84. The van der Waals surface area contributed by atoms with E-state index in [2.05, 4.69) is 22.9 Å². The molecule has 0 spiro atoms. The van der Waals surface area contributed by atoms with E-state index in [4.69, 9.17) is 0 Å². The number of likely N-dealkylation sites (N-methyl/N-ethyl adjacent to an activating group) is 1. The van der Waals surface area contributed by atoms with Gasteiger partial charge in [-0.05, 0) is 49.9 Å². The summed E-state index contributed by atoms with van der Waals surface area (Å²) in [5.74, 6) is -0.634. The molecule has 2 aliphatic heterocycles. The molecule has 1 aromatic carbocycles. The van der Waals surface area contributed by atoms with Crippen molar-refractivity contribution in [3.05, 3.63) is 35.4 Å². The van der Waals surface area contributed by atoms with E-state index in [0.717, 1.165) is 64.0 Å². The molecule has 1 aromatic rings. The summed E-state index contributed by atoms with van der Waals surface area (Å²) in [5.41, 5.74) is 1.76. The Morgan fingerprint density at radius 1 is 1.11 bits per heavy atom. The highest BCUT2D eigenvalue weighted by Gasteiger charge is 2.47. The van der Waals surface area contributed by atoms with Crippen molar-refractivity contribution in [1.82, 2.24) is 14.7 Å². The summed E-state index contributed by atoms with van der Waals surface area (Å²) >= 11 is 0. The van der Waals surface area contributed by atoms with Crippen LogP contribution in [0.2, 0.25) is 0 Å². The van der Waals surface area contributed by atoms with Crippen molar-refractivity contribution in [2.24, 2.45) is 5.92 Å². The fourth-order valence-corrected chi connectivity index (χ4v) is 5.19. The van der Waals surface area contributed by atoms with Crippen LogP contribution in [0.3, 0.4) is 0 Å². The predicted molar refractivity (Wildman–Crippen MR) is 107 cm³/mol. The third-order valence-electron chi connectivity index (χ3n) is 6.78. The SMILES string of the molecule is CN1CCN(Cc2cccc(C(=O)N3C(C(=O)O)CC4CCCCC43)c2)CC1. The van der Waals surface area contributed by atoms with Crippen LogP contribution in [0.5, 0.6) is 0 Å². The summed E-state index contributed by atoms with van der Waals surface area (Å²) in [4.78, 5) is 31.6. The highest BCUT2D eigenvalue weighted by Crippen LogP contribution is 2.40. The summed E-state index contributed by atoms with van der Waals surface area (Å²) in [6.07, 6.45) is 4.81. The lowest BCUT2D eigenvalue weighted by Crippen LogP contribution is -2.46. The van der Waals surface area contributed by atoms with Crippen LogP contribution in [0.1, 0.15) is 48.0 Å². The molecule has 0 aromatic heterocycles. The summed E-state index contributed by atoms with van der Waals surface area (Å²) in [7, 11) is 2.14. The molecule has 1 N–H and O–H groups in total. The molecule has 6 heteroatoms. The van der Waals surface area contributed by atoms with E-state index in [1.165, 1.54) is 0 Å². The topological polar surface area (TPSA) is 64.1 Å². The van der Waals surface area contributed by atoms with Crippen LogP contribution in [-0.4, -0.2) is 77.0 Å². The molecule has 2 saturated heterocycles. The van der Waals surface area contributed by atoms with E-state index in [1.54, 1.807) is 4.90 Å². The van der Waals surface area contributed by atoms with Crippen LogP contribution < -0.4 is 0 Å². The number of fused-ring (bicyclic) bond motifs is 1. The molecular weight excluding hydrogens is 354 g/mol. The third kappa shape index (κ3) is 3.94. The number of carboxylic acid groups (broad SMARTS) is 1. The van der Waals surface area contributed by atoms with Crippen molar-refractivity contribution >= 4 is 11.9 Å². The van der Waals surface area contributed by atoms with Crippen molar-refractivity contribution in [2.45, 2.75) is 50.7 Å². The molecule has 1 aliphatic carbocycles. The van der Waals surface area contributed by atoms with Crippen LogP contribution in [-0.2, 0) is 11.3 Å². The van der Waals surface area contributed by atoms with Crippen molar-refractivity contribution < 1.29 is 14.7 Å². The van der Waals surface area contributed by atoms with Crippen molar-refractivity contribution in [2.75, 3.05) is 33.2 Å². The number of hydrogen-bond acceptors (Lipinski definition) is 4. The molecule has 1 amide bonds. The first-order chi connectivity index (χ1) is 13.5. The van der Waals surface area contributed by atoms with Gasteiger partial charge in [-0.3, -0.25) is 9.69 Å². The van der Waals surface area contributed by atoms with E-state index in [1.807, 2.05) is 18.2 Å². The number of benzene rings is 1. The number of piperazine rings is 1. The molecular formula is C22H31N3O3. The maximum Gasteiger partial charge on any atom is 0.326 e. The number of hydrogen-bond donors (Lipinski definition) is 1. The van der Waals surface area contributed by atoms with Gasteiger partial charge in [0.1, 0.15) is 6.04 Å². The lowest BCUT2D eigenvalue weighted by Gasteiger charge is -2.33. The molecule has 6 nitrogen and oxygen atoms in total. The normalized spacial score (nSPS) is 28.9. The molecule has 0 radical (unpaired) electrons. The number of likely N-dealkylation sites (tertiary alicyclic amines) is 1. The van der Waals surface area contributed by atoms with Gasteiger partial charge < -0.3 is 14.9 Å². The van der Waals surface area contributed by atoms with Gasteiger partial charge in [0.15, 0.2) is 0 Å². The third-order valence-corrected chi connectivity index (χ3v) is 6.78.